The summed E-state index contributed by atoms with van der Waals surface area (Å²) in [6.45, 7) is 4.17. The third-order valence-corrected chi connectivity index (χ3v) is 4.43. The number of likely N-dealkylation sites (tertiary alicyclic amines) is 1. The summed E-state index contributed by atoms with van der Waals surface area (Å²) in [5.74, 6) is -0.259. The number of fused-ring (bicyclic) bond motifs is 1. The van der Waals surface area contributed by atoms with E-state index < -0.39 is 0 Å². The summed E-state index contributed by atoms with van der Waals surface area (Å²) < 4.78 is 0. The summed E-state index contributed by atoms with van der Waals surface area (Å²) in [6.07, 6.45) is 5.79. The Morgan fingerprint density at radius 2 is 1.38 bits per heavy atom. The van der Waals surface area contributed by atoms with Crippen molar-refractivity contribution >= 4 is 11.8 Å². The molecule has 0 aliphatic carbocycles. The number of hydrogen-bond donors (Lipinski definition) is 0. The number of imide groups is 1. The lowest BCUT2D eigenvalue weighted by Crippen LogP contribution is -2.30. The standard InChI is InChI=1S/C17H22N2O2/c20-16-14-8-2-3-9-15(14)17(21)19(16)13-5-1-4-10-18-11-6-7-12-18/h2-3,8-9H,1,4-7,10-13H2. The van der Waals surface area contributed by atoms with Crippen LogP contribution in [0.4, 0.5) is 0 Å². The van der Waals surface area contributed by atoms with Gasteiger partial charge < -0.3 is 4.90 Å². The molecule has 2 aliphatic heterocycles. The van der Waals surface area contributed by atoms with Crippen LogP contribution in [0.2, 0.25) is 0 Å². The van der Waals surface area contributed by atoms with Crippen LogP contribution in [-0.2, 0) is 0 Å². The highest BCUT2D eigenvalue weighted by Crippen LogP contribution is 2.22. The molecule has 0 unspecified atom stereocenters. The predicted octanol–water partition coefficient (Wildman–Crippen LogP) is 2.55. The Labute approximate surface area is 125 Å². The molecule has 1 fully saturated rings. The van der Waals surface area contributed by atoms with Gasteiger partial charge >= 0.3 is 0 Å². The van der Waals surface area contributed by atoms with Crippen LogP contribution in [0.1, 0.15) is 52.8 Å². The minimum absolute atomic E-state index is 0.129. The van der Waals surface area contributed by atoms with E-state index in [1.165, 1.54) is 30.8 Å². The highest BCUT2D eigenvalue weighted by atomic mass is 16.2. The smallest absolute Gasteiger partial charge is 0.261 e. The molecule has 1 aromatic carbocycles. The van der Waals surface area contributed by atoms with Crippen LogP contribution < -0.4 is 0 Å². The Bertz CT molecular complexity index is 500. The molecule has 21 heavy (non-hydrogen) atoms. The fourth-order valence-electron chi connectivity index (χ4n) is 3.23. The molecule has 2 aliphatic rings. The molecule has 0 aromatic heterocycles. The maximum absolute atomic E-state index is 12.2. The summed E-state index contributed by atoms with van der Waals surface area (Å²) in [5.41, 5.74) is 1.11. The highest BCUT2D eigenvalue weighted by Gasteiger charge is 2.34. The average molecular weight is 286 g/mol. The second kappa shape index (κ2) is 6.39. The van der Waals surface area contributed by atoms with Crippen LogP contribution in [0.3, 0.4) is 0 Å². The van der Waals surface area contributed by atoms with Crippen molar-refractivity contribution in [1.82, 2.24) is 9.80 Å². The topological polar surface area (TPSA) is 40.6 Å². The van der Waals surface area contributed by atoms with Gasteiger partial charge in [0, 0.05) is 6.54 Å². The summed E-state index contributed by atoms with van der Waals surface area (Å²) in [6, 6.07) is 7.10. The normalized spacial score (nSPS) is 18.6. The van der Waals surface area contributed by atoms with E-state index >= 15 is 0 Å². The molecule has 4 heteroatoms. The van der Waals surface area contributed by atoms with Gasteiger partial charge in [0.2, 0.25) is 0 Å². The van der Waals surface area contributed by atoms with Crippen LogP contribution in [0.15, 0.2) is 24.3 Å². The van der Waals surface area contributed by atoms with Gasteiger partial charge in [-0.1, -0.05) is 18.6 Å². The third kappa shape index (κ3) is 3.00. The van der Waals surface area contributed by atoms with Crippen molar-refractivity contribution in [3.63, 3.8) is 0 Å². The minimum atomic E-state index is -0.129. The Balaban J connectivity index is 1.44. The van der Waals surface area contributed by atoms with Crippen LogP contribution >= 0.6 is 0 Å². The molecule has 112 valence electrons. The fraction of sp³-hybridized carbons (Fsp3) is 0.529. The van der Waals surface area contributed by atoms with Crippen molar-refractivity contribution in [3.8, 4) is 0 Å². The number of carbonyl (C=O) groups is 2. The molecule has 0 N–H and O–H groups in total. The molecule has 0 radical (unpaired) electrons. The van der Waals surface area contributed by atoms with Gasteiger partial charge in [-0.05, 0) is 57.5 Å². The first kappa shape index (κ1) is 14.3. The van der Waals surface area contributed by atoms with Crippen molar-refractivity contribution < 1.29 is 9.59 Å². The predicted molar refractivity (Wildman–Crippen MR) is 81.3 cm³/mol. The van der Waals surface area contributed by atoms with Gasteiger partial charge in [0.25, 0.3) is 11.8 Å². The Hall–Kier alpha value is -1.68. The number of carbonyl (C=O) groups excluding carboxylic acids is 2. The maximum atomic E-state index is 12.2. The molecule has 0 atom stereocenters. The average Bonchev–Trinajstić information content (AvgIpc) is 3.10. The maximum Gasteiger partial charge on any atom is 0.261 e. The monoisotopic (exact) mass is 286 g/mol. The highest BCUT2D eigenvalue weighted by molar-refractivity contribution is 6.21. The zero-order valence-corrected chi connectivity index (χ0v) is 12.4. The fourth-order valence-corrected chi connectivity index (χ4v) is 3.23. The Kier molecular flexibility index (Phi) is 4.34. The largest absolute Gasteiger partial charge is 0.303 e. The van der Waals surface area contributed by atoms with Gasteiger partial charge in [-0.2, -0.15) is 0 Å². The molecule has 2 amide bonds. The van der Waals surface area contributed by atoms with Crippen LogP contribution in [-0.4, -0.2) is 47.8 Å². The minimum Gasteiger partial charge on any atom is -0.303 e. The molecule has 0 spiro atoms. The lowest BCUT2D eigenvalue weighted by atomic mass is 10.1. The van der Waals surface area contributed by atoms with E-state index in [1.807, 2.05) is 12.1 Å². The number of rotatable bonds is 6. The van der Waals surface area contributed by atoms with Crippen LogP contribution in [0.5, 0.6) is 0 Å². The van der Waals surface area contributed by atoms with Gasteiger partial charge in [0.1, 0.15) is 0 Å². The second-order valence-electron chi connectivity index (χ2n) is 5.92. The van der Waals surface area contributed by atoms with E-state index in [-0.39, 0.29) is 11.8 Å². The van der Waals surface area contributed by atoms with Gasteiger partial charge in [-0.25, -0.2) is 0 Å². The molecule has 3 rings (SSSR count). The number of amides is 2. The molecule has 1 saturated heterocycles. The number of unbranched alkanes of at least 4 members (excludes halogenated alkanes) is 2. The van der Waals surface area contributed by atoms with Crippen molar-refractivity contribution in [2.45, 2.75) is 32.1 Å². The third-order valence-electron chi connectivity index (χ3n) is 4.43. The summed E-state index contributed by atoms with van der Waals surface area (Å²) in [5, 5.41) is 0. The van der Waals surface area contributed by atoms with E-state index in [0.29, 0.717) is 17.7 Å². The van der Waals surface area contributed by atoms with Crippen molar-refractivity contribution in [3.05, 3.63) is 35.4 Å². The molecule has 4 nitrogen and oxygen atoms in total. The molecular formula is C17H22N2O2. The molecular weight excluding hydrogens is 264 g/mol. The van der Waals surface area contributed by atoms with E-state index in [1.54, 1.807) is 12.1 Å². The quantitative estimate of drug-likeness (QED) is 0.596. The second-order valence-corrected chi connectivity index (χ2v) is 5.92. The molecule has 1 aromatic rings. The SMILES string of the molecule is O=C1c2ccccc2C(=O)N1CCCCCN1CCCC1. The Morgan fingerprint density at radius 1 is 0.810 bits per heavy atom. The number of nitrogens with zero attached hydrogens (tertiary/aromatic N) is 2. The summed E-state index contributed by atoms with van der Waals surface area (Å²) in [7, 11) is 0. The Morgan fingerprint density at radius 3 is 2.00 bits per heavy atom. The van der Waals surface area contributed by atoms with E-state index in [4.69, 9.17) is 0 Å². The molecule has 0 saturated carbocycles. The van der Waals surface area contributed by atoms with Crippen LogP contribution in [0.25, 0.3) is 0 Å². The zero-order valence-electron chi connectivity index (χ0n) is 12.4. The van der Waals surface area contributed by atoms with E-state index in [0.717, 1.165) is 25.8 Å². The first-order valence-electron chi connectivity index (χ1n) is 7.95. The summed E-state index contributed by atoms with van der Waals surface area (Å²) in [4.78, 5) is 28.3. The lowest BCUT2D eigenvalue weighted by Gasteiger charge is -2.16. The number of benzene rings is 1. The first-order chi connectivity index (χ1) is 10.3. The molecule has 2 heterocycles. The van der Waals surface area contributed by atoms with Crippen molar-refractivity contribution in [1.29, 1.82) is 0 Å². The van der Waals surface area contributed by atoms with E-state index in [9.17, 15) is 9.59 Å². The van der Waals surface area contributed by atoms with Crippen LogP contribution in [0, 0.1) is 0 Å². The number of hydrogen-bond acceptors (Lipinski definition) is 3. The van der Waals surface area contributed by atoms with Gasteiger partial charge in [0.05, 0.1) is 11.1 Å². The summed E-state index contributed by atoms with van der Waals surface area (Å²) >= 11 is 0. The zero-order chi connectivity index (χ0) is 14.7. The molecule has 0 bridgehead atoms. The van der Waals surface area contributed by atoms with Gasteiger partial charge in [-0.3, -0.25) is 14.5 Å². The lowest BCUT2D eigenvalue weighted by molar-refractivity contribution is 0.0651. The van der Waals surface area contributed by atoms with E-state index in [2.05, 4.69) is 4.90 Å². The van der Waals surface area contributed by atoms with Gasteiger partial charge in [0.15, 0.2) is 0 Å². The van der Waals surface area contributed by atoms with Crippen molar-refractivity contribution in [2.75, 3.05) is 26.2 Å². The van der Waals surface area contributed by atoms with Crippen molar-refractivity contribution in [2.24, 2.45) is 0 Å². The first-order valence-corrected chi connectivity index (χ1v) is 7.95. The van der Waals surface area contributed by atoms with Gasteiger partial charge in [-0.15, -0.1) is 0 Å².